The van der Waals surface area contributed by atoms with Crippen LogP contribution in [0.15, 0.2) is 165 Å². The standard InChI is InChI=1S/C52H53N3.2C2H6/c1-11-41-46(12-2)55(49-26-18-15-23-44(49)51(41,7)8)39-31-30-38(53-35-39)29-27-37-28-32-40(45(34-37)50(4,5)6)36(3)20-19-33-54-47-24-16-13-21-42(47)52(9,10)43-22-14-17-25-48(43)54;2*1-2/h11-32,34-35H,1-3,33H2,4-10H3;2*1-2H3/b20-19-,29-27+;;. The van der Waals surface area contributed by atoms with Crippen LogP contribution in [0.1, 0.15) is 115 Å². The smallest absolute Gasteiger partial charge is 0.0645 e. The average molecular weight is 780 g/mol. The summed E-state index contributed by atoms with van der Waals surface area (Å²) in [6.45, 7) is 37.6. The fourth-order valence-corrected chi connectivity index (χ4v) is 8.46. The van der Waals surface area contributed by atoms with E-state index in [0.717, 1.165) is 46.0 Å². The molecule has 0 atom stereocenters. The van der Waals surface area contributed by atoms with Crippen LogP contribution in [0.3, 0.4) is 0 Å². The van der Waals surface area contributed by atoms with Gasteiger partial charge in [0.15, 0.2) is 0 Å². The van der Waals surface area contributed by atoms with E-state index in [1.807, 2.05) is 46.0 Å². The van der Waals surface area contributed by atoms with Gasteiger partial charge < -0.3 is 9.80 Å². The van der Waals surface area contributed by atoms with Crippen LogP contribution in [0.5, 0.6) is 0 Å². The Morgan fingerprint density at radius 1 is 0.678 bits per heavy atom. The molecule has 0 fully saturated rings. The maximum Gasteiger partial charge on any atom is 0.0645 e. The molecule has 1 aromatic heterocycles. The summed E-state index contributed by atoms with van der Waals surface area (Å²) in [5, 5.41) is 0. The second-order valence-electron chi connectivity index (χ2n) is 16.7. The van der Waals surface area contributed by atoms with Gasteiger partial charge in [-0.1, -0.05) is 193 Å². The zero-order chi connectivity index (χ0) is 43.1. The fourth-order valence-electron chi connectivity index (χ4n) is 8.46. The minimum absolute atomic E-state index is 0.0606. The number of pyridine rings is 1. The van der Waals surface area contributed by atoms with Gasteiger partial charge in [-0.15, -0.1) is 0 Å². The summed E-state index contributed by atoms with van der Waals surface area (Å²) in [6, 6.07) is 37.0. The second kappa shape index (κ2) is 18.3. The number of nitrogens with zero attached hydrogens (tertiary/aromatic N) is 3. The molecule has 0 saturated carbocycles. The molecule has 3 heterocycles. The second-order valence-corrected chi connectivity index (χ2v) is 16.7. The van der Waals surface area contributed by atoms with Gasteiger partial charge in [0.1, 0.15) is 0 Å². The summed E-state index contributed by atoms with van der Waals surface area (Å²) >= 11 is 0. The Hall–Kier alpha value is -5.93. The number of hydrogen-bond acceptors (Lipinski definition) is 3. The Morgan fingerprint density at radius 3 is 1.76 bits per heavy atom. The number of para-hydroxylation sites is 3. The Labute approximate surface area is 356 Å². The van der Waals surface area contributed by atoms with E-state index in [1.165, 1.54) is 39.2 Å². The van der Waals surface area contributed by atoms with Gasteiger partial charge in [0, 0.05) is 34.4 Å². The minimum Gasteiger partial charge on any atom is -0.337 e. The van der Waals surface area contributed by atoms with Crippen molar-refractivity contribution < 1.29 is 0 Å². The van der Waals surface area contributed by atoms with Crippen molar-refractivity contribution in [3.05, 3.63) is 204 Å². The van der Waals surface area contributed by atoms with E-state index in [1.54, 1.807) is 0 Å². The first-order valence-corrected chi connectivity index (χ1v) is 21.3. The summed E-state index contributed by atoms with van der Waals surface area (Å²) in [5.41, 5.74) is 15.9. The summed E-state index contributed by atoms with van der Waals surface area (Å²) in [5.74, 6) is 0. The van der Waals surface area contributed by atoms with Crippen LogP contribution in [0.25, 0.3) is 17.7 Å². The zero-order valence-corrected chi connectivity index (χ0v) is 37.5. The first kappa shape index (κ1) is 44.2. The predicted octanol–water partition coefficient (Wildman–Crippen LogP) is 15.7. The van der Waals surface area contributed by atoms with Crippen LogP contribution in [0.4, 0.5) is 22.7 Å². The summed E-state index contributed by atoms with van der Waals surface area (Å²) < 4.78 is 0. The lowest BCUT2D eigenvalue weighted by Crippen LogP contribution is -2.33. The lowest BCUT2D eigenvalue weighted by molar-refractivity contribution is 0.588. The van der Waals surface area contributed by atoms with Crippen molar-refractivity contribution in [3.63, 3.8) is 0 Å². The summed E-state index contributed by atoms with van der Waals surface area (Å²) in [4.78, 5) is 9.56. The molecule has 2 aliphatic rings. The van der Waals surface area contributed by atoms with Gasteiger partial charge in [-0.3, -0.25) is 4.98 Å². The minimum atomic E-state index is -0.191. The van der Waals surface area contributed by atoms with Crippen molar-refractivity contribution in [1.82, 2.24) is 4.98 Å². The number of benzene rings is 4. The normalized spacial score (nSPS) is 15.0. The number of anilines is 4. The maximum atomic E-state index is 4.88. The van der Waals surface area contributed by atoms with E-state index in [9.17, 15) is 0 Å². The molecule has 59 heavy (non-hydrogen) atoms. The van der Waals surface area contributed by atoms with Gasteiger partial charge in [0.05, 0.1) is 23.3 Å². The van der Waals surface area contributed by atoms with Crippen LogP contribution in [-0.4, -0.2) is 11.5 Å². The highest BCUT2D eigenvalue weighted by atomic mass is 15.2. The van der Waals surface area contributed by atoms with Crippen LogP contribution < -0.4 is 9.80 Å². The molecular weight excluding hydrogens is 715 g/mol. The Bertz CT molecular complexity index is 2340. The van der Waals surface area contributed by atoms with Crippen LogP contribution in [-0.2, 0) is 16.2 Å². The molecule has 304 valence electrons. The van der Waals surface area contributed by atoms with E-state index in [0.29, 0.717) is 0 Å². The molecule has 4 aromatic carbocycles. The van der Waals surface area contributed by atoms with Crippen LogP contribution in [0, 0.1) is 0 Å². The number of aromatic nitrogens is 1. The molecular formula is C56H65N3. The average Bonchev–Trinajstić information content (AvgIpc) is 3.25. The number of rotatable bonds is 9. The van der Waals surface area contributed by atoms with Crippen molar-refractivity contribution >= 4 is 40.5 Å². The number of allylic oxidation sites excluding steroid dienone is 5. The maximum absolute atomic E-state index is 4.88. The van der Waals surface area contributed by atoms with Gasteiger partial charge in [-0.25, -0.2) is 0 Å². The van der Waals surface area contributed by atoms with E-state index >= 15 is 0 Å². The number of fused-ring (bicyclic) bond motifs is 3. The first-order chi connectivity index (χ1) is 28.3. The van der Waals surface area contributed by atoms with Crippen molar-refractivity contribution in [2.45, 2.75) is 92.4 Å². The van der Waals surface area contributed by atoms with Gasteiger partial charge in [0.2, 0.25) is 0 Å². The molecule has 0 radical (unpaired) electrons. The topological polar surface area (TPSA) is 19.4 Å². The monoisotopic (exact) mass is 780 g/mol. The van der Waals surface area contributed by atoms with E-state index in [2.05, 4.69) is 205 Å². The molecule has 0 spiro atoms. The van der Waals surface area contributed by atoms with Gasteiger partial charge in [0.25, 0.3) is 0 Å². The van der Waals surface area contributed by atoms with Crippen LogP contribution >= 0.6 is 0 Å². The molecule has 0 unspecified atom stereocenters. The molecule has 5 aromatic rings. The van der Waals surface area contributed by atoms with Gasteiger partial charge in [-0.2, -0.15) is 0 Å². The molecule has 0 N–H and O–H groups in total. The Balaban J connectivity index is 0.00000160. The third-order valence-corrected chi connectivity index (χ3v) is 11.4. The summed E-state index contributed by atoms with van der Waals surface area (Å²) in [6.07, 6.45) is 14.5. The van der Waals surface area contributed by atoms with Gasteiger partial charge >= 0.3 is 0 Å². The quantitative estimate of drug-likeness (QED) is 0.139. The molecule has 0 aliphatic carbocycles. The summed E-state index contributed by atoms with van der Waals surface area (Å²) in [7, 11) is 0. The number of hydrogen-bond donors (Lipinski definition) is 0. The Kier molecular flexibility index (Phi) is 13.7. The van der Waals surface area contributed by atoms with Crippen molar-refractivity contribution in [2.75, 3.05) is 16.3 Å². The Morgan fingerprint density at radius 2 is 1.24 bits per heavy atom. The highest BCUT2D eigenvalue weighted by Gasteiger charge is 2.37. The van der Waals surface area contributed by atoms with Gasteiger partial charge in [-0.05, 0) is 92.4 Å². The first-order valence-electron chi connectivity index (χ1n) is 21.3. The van der Waals surface area contributed by atoms with Crippen molar-refractivity contribution in [2.24, 2.45) is 0 Å². The van der Waals surface area contributed by atoms with E-state index < -0.39 is 0 Å². The molecule has 3 heteroatoms. The predicted molar refractivity (Wildman–Crippen MR) is 260 cm³/mol. The zero-order valence-electron chi connectivity index (χ0n) is 37.5. The molecule has 0 saturated heterocycles. The molecule has 0 bridgehead atoms. The molecule has 7 rings (SSSR count). The molecule has 3 nitrogen and oxygen atoms in total. The van der Waals surface area contributed by atoms with Crippen molar-refractivity contribution in [1.29, 1.82) is 0 Å². The molecule has 0 amide bonds. The fraction of sp³-hybridized carbons (Fsp3) is 0.268. The SMILES string of the molecule is C=CC1=C(C=C)C(C)(C)c2ccccc2N1c1ccc(/C=C/c2ccc(C(=C)/C=C\CN3c4ccccc4C(C)(C)c4ccccc43)c(C(C)(C)C)c2)nc1.CC.CC. The third kappa shape index (κ3) is 8.62. The van der Waals surface area contributed by atoms with E-state index in [-0.39, 0.29) is 16.2 Å². The highest BCUT2D eigenvalue weighted by Crippen LogP contribution is 2.50. The highest BCUT2D eigenvalue weighted by molar-refractivity contribution is 5.82. The largest absolute Gasteiger partial charge is 0.337 e. The lowest BCUT2D eigenvalue weighted by atomic mass is 9.73. The molecule has 2 aliphatic heterocycles. The lowest BCUT2D eigenvalue weighted by Gasteiger charge is -2.42. The van der Waals surface area contributed by atoms with Crippen molar-refractivity contribution in [3.8, 4) is 0 Å². The van der Waals surface area contributed by atoms with E-state index in [4.69, 9.17) is 4.98 Å². The third-order valence-electron chi connectivity index (χ3n) is 11.4. The van der Waals surface area contributed by atoms with Crippen LogP contribution in [0.2, 0.25) is 0 Å².